The first-order valence-electron chi connectivity index (χ1n) is 9.43. The molecular weight excluding hydrogens is 503 g/mol. The van der Waals surface area contributed by atoms with Crippen molar-refractivity contribution in [2.24, 2.45) is 0 Å². The fourth-order valence-corrected chi connectivity index (χ4v) is 4.33. The average Bonchev–Trinajstić information content (AvgIpc) is 2.74. The Labute approximate surface area is 199 Å². The summed E-state index contributed by atoms with van der Waals surface area (Å²) in [6.07, 6.45) is 0. The molecule has 3 rings (SSSR count). The zero-order valence-corrected chi connectivity index (χ0v) is 19.7. The number of nitrogens with one attached hydrogen (secondary N) is 1. The lowest BCUT2D eigenvalue weighted by Gasteiger charge is -2.22. The zero-order valence-electron chi connectivity index (χ0n) is 16.6. The van der Waals surface area contributed by atoms with E-state index in [1.165, 1.54) is 6.07 Å². The Morgan fingerprint density at radius 3 is 2.39 bits per heavy atom. The molecule has 0 aromatic heterocycles. The topological polar surface area (TPSA) is 58.6 Å². The summed E-state index contributed by atoms with van der Waals surface area (Å²) in [4.78, 5) is 27.3. The summed E-state index contributed by atoms with van der Waals surface area (Å²) in [5, 5.41) is 3.47. The average molecular weight is 522 g/mol. The lowest BCUT2D eigenvalue weighted by atomic mass is 10.1. The molecule has 0 spiro atoms. The van der Waals surface area contributed by atoms with Gasteiger partial charge >= 0.3 is 0 Å². The number of ether oxygens (including phenoxy) is 1. The summed E-state index contributed by atoms with van der Waals surface area (Å²) in [6, 6.07) is 19.4. The normalized spacial score (nSPS) is 10.5. The highest BCUT2D eigenvalue weighted by atomic mass is 79.9. The third kappa shape index (κ3) is 5.79. The van der Waals surface area contributed by atoms with Crippen LogP contribution < -0.4 is 15.0 Å². The van der Waals surface area contributed by atoms with E-state index in [1.54, 1.807) is 35.2 Å². The zero-order chi connectivity index (χ0) is 22.4. The maximum Gasteiger partial charge on any atom is 0.262 e. The van der Waals surface area contributed by atoms with Gasteiger partial charge in [0.1, 0.15) is 0 Å². The van der Waals surface area contributed by atoms with Crippen LogP contribution in [-0.4, -0.2) is 25.0 Å². The number of rotatable bonds is 7. The number of halogens is 3. The van der Waals surface area contributed by atoms with Crippen molar-refractivity contribution in [3.63, 3.8) is 0 Å². The molecule has 0 aliphatic rings. The number of anilines is 2. The van der Waals surface area contributed by atoms with Crippen molar-refractivity contribution >= 4 is 62.3 Å². The highest BCUT2D eigenvalue weighted by molar-refractivity contribution is 9.10. The quantitative estimate of drug-likeness (QED) is 0.389. The van der Waals surface area contributed by atoms with Gasteiger partial charge in [0.15, 0.2) is 12.4 Å². The van der Waals surface area contributed by atoms with Gasteiger partial charge in [0.25, 0.3) is 11.8 Å². The number of hydrogen-bond acceptors (Lipinski definition) is 3. The predicted octanol–water partition coefficient (Wildman–Crippen LogP) is 6.44. The summed E-state index contributed by atoms with van der Waals surface area (Å²) >= 11 is 15.4. The first kappa shape index (κ1) is 23.1. The predicted molar refractivity (Wildman–Crippen MR) is 129 cm³/mol. The fraction of sp³-hybridized carbons (Fsp3) is 0.130. The molecule has 1 N–H and O–H groups in total. The maximum absolute atomic E-state index is 13.2. The molecule has 0 atom stereocenters. The molecule has 0 fully saturated rings. The Bertz CT molecular complexity index is 1070. The van der Waals surface area contributed by atoms with Crippen LogP contribution >= 0.6 is 39.1 Å². The minimum Gasteiger partial charge on any atom is -0.481 e. The standard InChI is InChI=1S/C23H19BrCl2N2O3/c1-2-28(16-8-4-3-5-9-16)23(30)17-10-6-7-11-20(17)27-21(29)14-31-22-18(24)12-15(25)13-19(22)26/h3-13H,2,14H2,1H3,(H,27,29). The van der Waals surface area contributed by atoms with Crippen LogP contribution in [0.4, 0.5) is 11.4 Å². The van der Waals surface area contributed by atoms with E-state index in [0.29, 0.717) is 33.0 Å². The summed E-state index contributed by atoms with van der Waals surface area (Å²) in [7, 11) is 0. The summed E-state index contributed by atoms with van der Waals surface area (Å²) in [6.45, 7) is 2.09. The largest absolute Gasteiger partial charge is 0.481 e. The van der Waals surface area contributed by atoms with E-state index < -0.39 is 5.91 Å². The van der Waals surface area contributed by atoms with Crippen LogP contribution in [0.2, 0.25) is 10.0 Å². The smallest absolute Gasteiger partial charge is 0.262 e. The molecule has 5 nitrogen and oxygen atoms in total. The lowest BCUT2D eigenvalue weighted by molar-refractivity contribution is -0.118. The van der Waals surface area contributed by atoms with Crippen molar-refractivity contribution in [3.05, 3.63) is 86.8 Å². The fourth-order valence-electron chi connectivity index (χ4n) is 2.97. The first-order valence-corrected chi connectivity index (χ1v) is 11.0. The number of hydrogen-bond donors (Lipinski definition) is 1. The van der Waals surface area contributed by atoms with E-state index in [1.807, 2.05) is 37.3 Å². The molecule has 2 amide bonds. The molecular formula is C23H19BrCl2N2O3. The molecule has 0 radical (unpaired) electrons. The van der Waals surface area contributed by atoms with Crippen molar-refractivity contribution in [2.45, 2.75) is 6.92 Å². The van der Waals surface area contributed by atoms with E-state index in [0.717, 1.165) is 5.69 Å². The number of nitrogens with zero attached hydrogens (tertiary/aromatic N) is 1. The third-order valence-electron chi connectivity index (χ3n) is 4.37. The van der Waals surface area contributed by atoms with Crippen molar-refractivity contribution in [1.82, 2.24) is 0 Å². The monoisotopic (exact) mass is 520 g/mol. The third-order valence-corrected chi connectivity index (χ3v) is 5.46. The second-order valence-corrected chi connectivity index (χ2v) is 8.16. The van der Waals surface area contributed by atoms with Gasteiger partial charge < -0.3 is 15.0 Å². The van der Waals surface area contributed by atoms with Gasteiger partial charge in [-0.15, -0.1) is 0 Å². The highest BCUT2D eigenvalue weighted by Crippen LogP contribution is 2.36. The summed E-state index contributed by atoms with van der Waals surface area (Å²) < 4.78 is 6.09. The van der Waals surface area contributed by atoms with Gasteiger partial charge in [-0.25, -0.2) is 0 Å². The van der Waals surface area contributed by atoms with Crippen LogP contribution in [0.5, 0.6) is 5.75 Å². The minimum absolute atomic E-state index is 0.214. The molecule has 3 aromatic carbocycles. The van der Waals surface area contributed by atoms with Crippen LogP contribution in [-0.2, 0) is 4.79 Å². The van der Waals surface area contributed by atoms with E-state index in [4.69, 9.17) is 27.9 Å². The number of amides is 2. The summed E-state index contributed by atoms with van der Waals surface area (Å²) in [5.74, 6) is -0.332. The SMILES string of the molecule is CCN(C(=O)c1ccccc1NC(=O)COc1c(Cl)cc(Cl)cc1Br)c1ccccc1. The second-order valence-electron chi connectivity index (χ2n) is 6.47. The Hall–Kier alpha value is -2.54. The van der Waals surface area contributed by atoms with E-state index in [-0.39, 0.29) is 17.5 Å². The van der Waals surface area contributed by atoms with Crippen LogP contribution in [0.15, 0.2) is 71.2 Å². The van der Waals surface area contributed by atoms with Gasteiger partial charge in [0.05, 0.1) is 20.7 Å². The lowest BCUT2D eigenvalue weighted by Crippen LogP contribution is -2.32. The van der Waals surface area contributed by atoms with Crippen LogP contribution in [0.25, 0.3) is 0 Å². The number of carbonyl (C=O) groups excluding carboxylic acids is 2. The molecule has 0 heterocycles. The molecule has 31 heavy (non-hydrogen) atoms. The second kappa shape index (κ2) is 10.7. The van der Waals surface area contributed by atoms with Crippen molar-refractivity contribution in [1.29, 1.82) is 0 Å². The van der Waals surface area contributed by atoms with Gasteiger partial charge in [-0.3, -0.25) is 9.59 Å². The van der Waals surface area contributed by atoms with Gasteiger partial charge in [-0.05, 0) is 59.3 Å². The van der Waals surface area contributed by atoms with Gasteiger partial charge in [-0.1, -0.05) is 53.5 Å². The summed E-state index contributed by atoms with van der Waals surface area (Å²) in [5.41, 5.74) is 1.56. The molecule has 8 heteroatoms. The molecule has 0 saturated heterocycles. The van der Waals surface area contributed by atoms with Gasteiger partial charge in [0, 0.05) is 17.3 Å². The molecule has 0 aliphatic carbocycles. The van der Waals surface area contributed by atoms with E-state index >= 15 is 0 Å². The number of benzene rings is 3. The van der Waals surface area contributed by atoms with Crippen molar-refractivity contribution < 1.29 is 14.3 Å². The van der Waals surface area contributed by atoms with Crippen LogP contribution in [0.1, 0.15) is 17.3 Å². The van der Waals surface area contributed by atoms with Gasteiger partial charge in [0.2, 0.25) is 0 Å². The minimum atomic E-state index is -0.430. The Kier molecular flexibility index (Phi) is 7.96. The number of carbonyl (C=O) groups is 2. The van der Waals surface area contributed by atoms with E-state index in [2.05, 4.69) is 21.2 Å². The van der Waals surface area contributed by atoms with Crippen molar-refractivity contribution in [3.8, 4) is 5.75 Å². The van der Waals surface area contributed by atoms with Gasteiger partial charge in [-0.2, -0.15) is 0 Å². The Morgan fingerprint density at radius 1 is 1.03 bits per heavy atom. The molecule has 160 valence electrons. The van der Waals surface area contributed by atoms with Crippen LogP contribution in [0.3, 0.4) is 0 Å². The Morgan fingerprint density at radius 2 is 1.71 bits per heavy atom. The van der Waals surface area contributed by atoms with E-state index in [9.17, 15) is 9.59 Å². The molecule has 0 aliphatic heterocycles. The Balaban J connectivity index is 1.74. The molecule has 0 unspecified atom stereocenters. The number of para-hydroxylation sites is 2. The maximum atomic E-state index is 13.2. The van der Waals surface area contributed by atoms with Crippen molar-refractivity contribution in [2.75, 3.05) is 23.4 Å². The molecule has 0 bridgehead atoms. The molecule has 3 aromatic rings. The first-order chi connectivity index (χ1) is 14.9. The van der Waals surface area contributed by atoms with Crippen LogP contribution in [0, 0.1) is 0 Å². The highest BCUT2D eigenvalue weighted by Gasteiger charge is 2.20. The molecule has 0 saturated carbocycles.